The molecule has 1 aromatic heterocycles. The molecular weight excluding hydrogens is 414 g/mol. The molecule has 1 N–H and O–H groups in total. The summed E-state index contributed by atoms with van der Waals surface area (Å²) in [5, 5.41) is 2.84. The van der Waals surface area contributed by atoms with Gasteiger partial charge in [-0.3, -0.25) is 9.59 Å². The molecule has 0 unspecified atom stereocenters. The lowest BCUT2D eigenvalue weighted by Gasteiger charge is -2.31. The Morgan fingerprint density at radius 3 is 2.70 bits per heavy atom. The van der Waals surface area contributed by atoms with Crippen molar-refractivity contribution < 1.29 is 19.1 Å². The van der Waals surface area contributed by atoms with Gasteiger partial charge in [-0.2, -0.15) is 0 Å². The van der Waals surface area contributed by atoms with Crippen LogP contribution in [0.15, 0.2) is 41.0 Å². The van der Waals surface area contributed by atoms with Crippen LogP contribution in [0.5, 0.6) is 11.5 Å². The Kier molecular flexibility index (Phi) is 4.98. The van der Waals surface area contributed by atoms with Crippen LogP contribution in [-0.2, 0) is 4.79 Å². The molecule has 1 aromatic carbocycles. The zero-order valence-electron chi connectivity index (χ0n) is 14.5. The molecule has 1 saturated heterocycles. The van der Waals surface area contributed by atoms with Crippen molar-refractivity contribution >= 4 is 33.6 Å². The number of likely N-dealkylation sites (tertiary alicyclic amines) is 1. The number of benzene rings is 1. The number of para-hydroxylation sites is 1. The Labute approximate surface area is 164 Å². The highest BCUT2D eigenvalue weighted by Crippen LogP contribution is 2.36. The van der Waals surface area contributed by atoms with Crippen LogP contribution in [0.3, 0.4) is 0 Å². The van der Waals surface area contributed by atoms with E-state index in [4.69, 9.17) is 9.47 Å². The van der Waals surface area contributed by atoms with Crippen molar-refractivity contribution in [2.75, 3.05) is 25.2 Å². The smallest absolute Gasteiger partial charge is 0.257 e. The van der Waals surface area contributed by atoms with E-state index in [1.165, 1.54) is 0 Å². The predicted molar refractivity (Wildman–Crippen MR) is 102 cm³/mol. The van der Waals surface area contributed by atoms with E-state index >= 15 is 0 Å². The molecule has 27 heavy (non-hydrogen) atoms. The third-order valence-electron chi connectivity index (χ3n) is 4.76. The van der Waals surface area contributed by atoms with Gasteiger partial charge in [-0.1, -0.05) is 6.07 Å². The normalized spacial score (nSPS) is 16.3. The number of nitrogens with one attached hydrogen (secondary N) is 1. The molecule has 3 heterocycles. The minimum Gasteiger partial charge on any atom is -0.454 e. The lowest BCUT2D eigenvalue weighted by Crippen LogP contribution is -2.41. The zero-order chi connectivity index (χ0) is 18.8. The number of rotatable bonds is 3. The van der Waals surface area contributed by atoms with Gasteiger partial charge in [0, 0.05) is 29.7 Å². The summed E-state index contributed by atoms with van der Waals surface area (Å²) in [5.74, 6) is 1.33. The Morgan fingerprint density at radius 1 is 1.15 bits per heavy atom. The third kappa shape index (κ3) is 3.75. The third-order valence-corrected chi connectivity index (χ3v) is 5.23. The molecule has 2 aliphatic rings. The van der Waals surface area contributed by atoms with Gasteiger partial charge in [0.15, 0.2) is 11.5 Å². The van der Waals surface area contributed by atoms with Crippen molar-refractivity contribution in [3.05, 3.63) is 46.6 Å². The maximum atomic E-state index is 12.8. The first-order chi connectivity index (χ1) is 13.1. The standard InChI is InChI=1S/C19H18BrN3O4/c20-13-4-5-16(21-10-13)22-18(24)12-6-8-23(9-7-12)19(25)14-2-1-3-15-17(14)27-11-26-15/h1-5,10,12H,6-9,11H2,(H,21,22,24). The molecule has 2 amide bonds. The van der Waals surface area contributed by atoms with E-state index in [0.717, 1.165) is 4.47 Å². The number of anilines is 1. The number of hydrogen-bond acceptors (Lipinski definition) is 5. The first-order valence-corrected chi connectivity index (χ1v) is 9.51. The van der Waals surface area contributed by atoms with E-state index in [1.54, 1.807) is 35.4 Å². The molecule has 8 heteroatoms. The molecule has 0 radical (unpaired) electrons. The van der Waals surface area contributed by atoms with Crippen LogP contribution in [-0.4, -0.2) is 41.6 Å². The fourth-order valence-electron chi connectivity index (χ4n) is 3.29. The Bertz CT molecular complexity index is 864. The second-order valence-electron chi connectivity index (χ2n) is 6.46. The van der Waals surface area contributed by atoms with Crippen LogP contribution in [0.1, 0.15) is 23.2 Å². The highest BCUT2D eigenvalue weighted by Gasteiger charge is 2.30. The van der Waals surface area contributed by atoms with Crippen LogP contribution in [0.25, 0.3) is 0 Å². The van der Waals surface area contributed by atoms with Gasteiger partial charge in [-0.25, -0.2) is 4.98 Å². The summed E-state index contributed by atoms with van der Waals surface area (Å²) in [5.41, 5.74) is 0.506. The van der Waals surface area contributed by atoms with E-state index in [1.807, 2.05) is 6.07 Å². The Hall–Kier alpha value is -2.61. The van der Waals surface area contributed by atoms with Gasteiger partial charge in [-0.15, -0.1) is 0 Å². The van der Waals surface area contributed by atoms with Gasteiger partial charge in [-0.05, 0) is 53.0 Å². The number of carbonyl (C=O) groups is 2. The molecule has 4 rings (SSSR count). The summed E-state index contributed by atoms with van der Waals surface area (Å²) < 4.78 is 11.6. The molecule has 0 spiro atoms. The number of hydrogen-bond donors (Lipinski definition) is 1. The summed E-state index contributed by atoms with van der Waals surface area (Å²) >= 11 is 3.32. The number of halogens is 1. The van der Waals surface area contributed by atoms with Crippen LogP contribution >= 0.6 is 15.9 Å². The summed E-state index contributed by atoms with van der Waals surface area (Å²) in [7, 11) is 0. The number of fused-ring (bicyclic) bond motifs is 1. The van der Waals surface area contributed by atoms with Crippen LogP contribution in [0.4, 0.5) is 5.82 Å². The van der Waals surface area contributed by atoms with Crippen LogP contribution in [0, 0.1) is 5.92 Å². The van der Waals surface area contributed by atoms with Gasteiger partial charge in [0.25, 0.3) is 5.91 Å². The zero-order valence-corrected chi connectivity index (χ0v) is 16.1. The predicted octanol–water partition coefficient (Wildman–Crippen LogP) is 3.06. The van der Waals surface area contributed by atoms with E-state index in [9.17, 15) is 9.59 Å². The summed E-state index contributed by atoms with van der Waals surface area (Å²) in [6.45, 7) is 1.18. The van der Waals surface area contributed by atoms with Gasteiger partial charge in [0.05, 0.1) is 5.56 Å². The number of piperidine rings is 1. The van der Waals surface area contributed by atoms with Crippen molar-refractivity contribution in [1.82, 2.24) is 9.88 Å². The number of nitrogens with zero attached hydrogens (tertiary/aromatic N) is 2. The molecular formula is C19H18BrN3O4. The van der Waals surface area contributed by atoms with Gasteiger partial charge in [0.1, 0.15) is 5.82 Å². The topological polar surface area (TPSA) is 80.8 Å². The summed E-state index contributed by atoms with van der Waals surface area (Å²) in [4.78, 5) is 31.2. The second kappa shape index (κ2) is 7.56. The van der Waals surface area contributed by atoms with Crippen molar-refractivity contribution in [1.29, 1.82) is 0 Å². The number of ether oxygens (including phenoxy) is 2. The molecule has 7 nitrogen and oxygen atoms in total. The van der Waals surface area contributed by atoms with Crippen molar-refractivity contribution in [2.24, 2.45) is 5.92 Å². The number of pyridine rings is 1. The van der Waals surface area contributed by atoms with Gasteiger partial charge in [0.2, 0.25) is 12.7 Å². The SMILES string of the molecule is O=C(Nc1ccc(Br)cn1)C1CCN(C(=O)c2cccc3c2OCO3)CC1. The van der Waals surface area contributed by atoms with Gasteiger partial charge < -0.3 is 19.7 Å². The average Bonchev–Trinajstić information content (AvgIpc) is 3.18. The van der Waals surface area contributed by atoms with Crippen molar-refractivity contribution in [3.63, 3.8) is 0 Å². The van der Waals surface area contributed by atoms with E-state index in [2.05, 4.69) is 26.2 Å². The maximum Gasteiger partial charge on any atom is 0.257 e. The van der Waals surface area contributed by atoms with Crippen LogP contribution in [0.2, 0.25) is 0 Å². The minimum atomic E-state index is -0.138. The first-order valence-electron chi connectivity index (χ1n) is 8.72. The molecule has 0 atom stereocenters. The highest BCUT2D eigenvalue weighted by atomic mass is 79.9. The quantitative estimate of drug-likeness (QED) is 0.807. The monoisotopic (exact) mass is 431 g/mol. The molecule has 2 aliphatic heterocycles. The lowest BCUT2D eigenvalue weighted by atomic mass is 9.95. The molecule has 2 aromatic rings. The maximum absolute atomic E-state index is 12.8. The molecule has 1 fully saturated rings. The van der Waals surface area contributed by atoms with E-state index < -0.39 is 0 Å². The molecule has 140 valence electrons. The Morgan fingerprint density at radius 2 is 1.96 bits per heavy atom. The lowest BCUT2D eigenvalue weighted by molar-refractivity contribution is -0.121. The minimum absolute atomic E-state index is 0.0609. The molecule has 0 saturated carbocycles. The fourth-order valence-corrected chi connectivity index (χ4v) is 3.53. The first kappa shape index (κ1) is 17.8. The largest absolute Gasteiger partial charge is 0.454 e. The van der Waals surface area contributed by atoms with E-state index in [-0.39, 0.29) is 24.5 Å². The second-order valence-corrected chi connectivity index (χ2v) is 7.37. The molecule has 0 aliphatic carbocycles. The number of carbonyl (C=O) groups excluding carboxylic acids is 2. The number of aromatic nitrogens is 1. The fraction of sp³-hybridized carbons (Fsp3) is 0.316. The van der Waals surface area contributed by atoms with E-state index in [0.29, 0.717) is 48.8 Å². The summed E-state index contributed by atoms with van der Waals surface area (Å²) in [6.07, 6.45) is 2.86. The average molecular weight is 432 g/mol. The number of amides is 2. The Balaban J connectivity index is 1.36. The van der Waals surface area contributed by atoms with Crippen molar-refractivity contribution in [3.8, 4) is 11.5 Å². The van der Waals surface area contributed by atoms with Crippen molar-refractivity contribution in [2.45, 2.75) is 12.8 Å². The van der Waals surface area contributed by atoms with Gasteiger partial charge >= 0.3 is 0 Å². The highest BCUT2D eigenvalue weighted by molar-refractivity contribution is 9.10. The summed E-state index contributed by atoms with van der Waals surface area (Å²) in [6, 6.07) is 8.89. The molecule has 0 bridgehead atoms. The van der Waals surface area contributed by atoms with Crippen LogP contribution < -0.4 is 14.8 Å².